The first-order chi connectivity index (χ1) is 7.47. The summed E-state index contributed by atoms with van der Waals surface area (Å²) >= 11 is 0. The molecule has 88 valence electrons. The Morgan fingerprint density at radius 2 is 2.19 bits per heavy atom. The van der Waals surface area contributed by atoms with E-state index in [-0.39, 0.29) is 18.5 Å². The van der Waals surface area contributed by atoms with E-state index in [2.05, 4.69) is 0 Å². The number of likely N-dealkylation sites (N-methyl/N-ethyl adjacent to an activating group) is 1. The fourth-order valence-corrected chi connectivity index (χ4v) is 1.52. The molecule has 1 rings (SSSR count). The maximum atomic E-state index is 9.14. The Kier molecular flexibility index (Phi) is 3.90. The zero-order chi connectivity index (χ0) is 12.3. The number of amidine groups is 1. The van der Waals surface area contributed by atoms with Crippen molar-refractivity contribution in [2.24, 2.45) is 5.73 Å². The smallest absolute Gasteiger partial charge is 0.124 e. The summed E-state index contributed by atoms with van der Waals surface area (Å²) in [6, 6.07) is 5.74. The number of nitrogens with one attached hydrogen (secondary N) is 1. The molecule has 0 aliphatic carbocycles. The molecule has 1 aromatic rings. The van der Waals surface area contributed by atoms with E-state index in [1.54, 1.807) is 0 Å². The van der Waals surface area contributed by atoms with Gasteiger partial charge in [0.25, 0.3) is 0 Å². The molecule has 0 amide bonds. The van der Waals surface area contributed by atoms with Gasteiger partial charge in [-0.15, -0.1) is 0 Å². The number of aliphatic hydroxyl groups excluding tert-OH is 1. The van der Waals surface area contributed by atoms with Crippen LogP contribution >= 0.6 is 0 Å². The summed E-state index contributed by atoms with van der Waals surface area (Å²) in [5.74, 6) is 0.0481. The van der Waals surface area contributed by atoms with Gasteiger partial charge in [0.15, 0.2) is 0 Å². The number of aliphatic hydroxyl groups is 1. The number of benzene rings is 1. The summed E-state index contributed by atoms with van der Waals surface area (Å²) in [5, 5.41) is 16.7. The predicted molar refractivity (Wildman–Crippen MR) is 67.1 cm³/mol. The van der Waals surface area contributed by atoms with E-state index in [1.807, 2.05) is 44.0 Å². The van der Waals surface area contributed by atoms with Crippen molar-refractivity contribution in [3.8, 4) is 0 Å². The topological polar surface area (TPSA) is 73.3 Å². The Balaban J connectivity index is 3.19. The molecule has 0 radical (unpaired) electrons. The van der Waals surface area contributed by atoms with Crippen molar-refractivity contribution in [2.45, 2.75) is 19.9 Å². The lowest BCUT2D eigenvalue weighted by molar-refractivity contribution is 0.270. The van der Waals surface area contributed by atoms with Gasteiger partial charge in [0.2, 0.25) is 0 Å². The van der Waals surface area contributed by atoms with Gasteiger partial charge in [0.1, 0.15) is 5.84 Å². The van der Waals surface area contributed by atoms with E-state index in [1.165, 1.54) is 0 Å². The molecule has 0 aliphatic heterocycles. The van der Waals surface area contributed by atoms with Gasteiger partial charge in [0, 0.05) is 24.3 Å². The summed E-state index contributed by atoms with van der Waals surface area (Å²) in [6.45, 7) is 3.99. The average Bonchev–Trinajstić information content (AvgIpc) is 2.26. The first-order valence-corrected chi connectivity index (χ1v) is 5.26. The zero-order valence-electron chi connectivity index (χ0n) is 9.99. The minimum Gasteiger partial charge on any atom is -0.394 e. The van der Waals surface area contributed by atoms with Crippen molar-refractivity contribution in [1.82, 2.24) is 0 Å². The van der Waals surface area contributed by atoms with Crippen LogP contribution in [0.15, 0.2) is 18.2 Å². The van der Waals surface area contributed by atoms with Gasteiger partial charge in [-0.3, -0.25) is 5.41 Å². The molecular weight excluding hydrogens is 202 g/mol. The van der Waals surface area contributed by atoms with Crippen LogP contribution in [0.4, 0.5) is 5.69 Å². The molecule has 0 saturated heterocycles. The molecule has 16 heavy (non-hydrogen) atoms. The lowest BCUT2D eigenvalue weighted by Gasteiger charge is -2.27. The number of aryl methyl sites for hydroxylation is 1. The predicted octanol–water partition coefficient (Wildman–Crippen LogP) is 1.10. The largest absolute Gasteiger partial charge is 0.394 e. The maximum absolute atomic E-state index is 9.14. The lowest BCUT2D eigenvalue weighted by Crippen LogP contribution is -2.33. The number of rotatable bonds is 4. The first kappa shape index (κ1) is 12.5. The van der Waals surface area contributed by atoms with Crippen LogP contribution in [0.1, 0.15) is 18.1 Å². The Hall–Kier alpha value is -1.55. The quantitative estimate of drug-likeness (QED) is 0.526. The molecule has 1 unspecified atom stereocenters. The summed E-state index contributed by atoms with van der Waals surface area (Å²) in [7, 11) is 1.89. The molecule has 0 bridgehead atoms. The van der Waals surface area contributed by atoms with Gasteiger partial charge in [-0.1, -0.05) is 6.07 Å². The van der Waals surface area contributed by atoms with E-state index < -0.39 is 0 Å². The fourth-order valence-electron chi connectivity index (χ4n) is 1.52. The Labute approximate surface area is 96.2 Å². The van der Waals surface area contributed by atoms with Crippen molar-refractivity contribution in [1.29, 1.82) is 5.41 Å². The highest BCUT2D eigenvalue weighted by Crippen LogP contribution is 2.22. The van der Waals surface area contributed by atoms with Gasteiger partial charge in [-0.25, -0.2) is 0 Å². The van der Waals surface area contributed by atoms with Crippen LogP contribution in [0.5, 0.6) is 0 Å². The highest BCUT2D eigenvalue weighted by atomic mass is 16.3. The molecule has 4 heteroatoms. The molecule has 1 atom stereocenters. The first-order valence-electron chi connectivity index (χ1n) is 5.26. The molecular formula is C12H19N3O. The standard InChI is InChI=1S/C12H19N3O/c1-8-4-5-10(12(13)14)11(6-8)15(3)9(2)7-16/h4-6,9,16H,7H2,1-3H3,(H3,13,14). The van der Waals surface area contributed by atoms with Gasteiger partial charge in [-0.05, 0) is 31.5 Å². The van der Waals surface area contributed by atoms with E-state index in [0.717, 1.165) is 11.3 Å². The normalized spacial score (nSPS) is 12.2. The van der Waals surface area contributed by atoms with Gasteiger partial charge < -0.3 is 15.7 Å². The Morgan fingerprint density at radius 1 is 1.56 bits per heavy atom. The number of hydrogen-bond acceptors (Lipinski definition) is 3. The number of anilines is 1. The van der Waals surface area contributed by atoms with E-state index >= 15 is 0 Å². The van der Waals surface area contributed by atoms with Gasteiger partial charge in [0.05, 0.1) is 6.61 Å². The monoisotopic (exact) mass is 221 g/mol. The highest BCUT2D eigenvalue weighted by Gasteiger charge is 2.14. The highest BCUT2D eigenvalue weighted by molar-refractivity contribution is 6.00. The van der Waals surface area contributed by atoms with Crippen LogP contribution in [0.25, 0.3) is 0 Å². The third-order valence-electron chi connectivity index (χ3n) is 2.75. The van der Waals surface area contributed by atoms with Crippen molar-refractivity contribution >= 4 is 11.5 Å². The SMILES string of the molecule is Cc1ccc(C(=N)N)c(N(C)C(C)CO)c1. The van der Waals surface area contributed by atoms with Gasteiger partial charge in [-0.2, -0.15) is 0 Å². The van der Waals surface area contributed by atoms with Crippen LogP contribution in [-0.2, 0) is 0 Å². The summed E-state index contributed by atoms with van der Waals surface area (Å²) in [4.78, 5) is 1.93. The Morgan fingerprint density at radius 3 is 2.69 bits per heavy atom. The fraction of sp³-hybridized carbons (Fsp3) is 0.417. The van der Waals surface area contributed by atoms with Crippen molar-refractivity contribution < 1.29 is 5.11 Å². The molecule has 1 aromatic carbocycles. The Bertz CT molecular complexity index is 390. The lowest BCUT2D eigenvalue weighted by atomic mass is 10.1. The maximum Gasteiger partial charge on any atom is 0.124 e. The molecule has 0 aromatic heterocycles. The average molecular weight is 221 g/mol. The van der Waals surface area contributed by atoms with Crippen LogP contribution < -0.4 is 10.6 Å². The summed E-state index contributed by atoms with van der Waals surface area (Å²) in [6.07, 6.45) is 0. The van der Waals surface area contributed by atoms with Crippen molar-refractivity contribution in [3.63, 3.8) is 0 Å². The van der Waals surface area contributed by atoms with E-state index in [0.29, 0.717) is 5.56 Å². The molecule has 0 aliphatic rings. The summed E-state index contributed by atoms with van der Waals surface area (Å²) in [5.41, 5.74) is 8.23. The second-order valence-corrected chi connectivity index (χ2v) is 4.08. The number of hydrogen-bond donors (Lipinski definition) is 3. The molecule has 0 spiro atoms. The zero-order valence-corrected chi connectivity index (χ0v) is 9.99. The third kappa shape index (κ3) is 2.52. The third-order valence-corrected chi connectivity index (χ3v) is 2.75. The molecule has 0 heterocycles. The molecule has 4 N–H and O–H groups in total. The molecule has 0 saturated carbocycles. The second kappa shape index (κ2) is 4.99. The van der Waals surface area contributed by atoms with Crippen molar-refractivity contribution in [3.05, 3.63) is 29.3 Å². The summed E-state index contributed by atoms with van der Waals surface area (Å²) < 4.78 is 0. The number of nitrogen functional groups attached to an aromatic ring is 1. The number of nitrogens with two attached hydrogens (primary N) is 1. The molecule has 4 nitrogen and oxygen atoms in total. The van der Waals surface area contributed by atoms with Crippen LogP contribution in [-0.4, -0.2) is 30.6 Å². The number of nitrogens with zero attached hydrogens (tertiary/aromatic N) is 1. The second-order valence-electron chi connectivity index (χ2n) is 4.08. The van der Waals surface area contributed by atoms with Crippen LogP contribution in [0.3, 0.4) is 0 Å². The van der Waals surface area contributed by atoms with Crippen LogP contribution in [0.2, 0.25) is 0 Å². The van der Waals surface area contributed by atoms with Gasteiger partial charge >= 0.3 is 0 Å². The van der Waals surface area contributed by atoms with Crippen LogP contribution in [0, 0.1) is 12.3 Å². The van der Waals surface area contributed by atoms with Crippen molar-refractivity contribution in [2.75, 3.05) is 18.6 Å². The van der Waals surface area contributed by atoms with E-state index in [4.69, 9.17) is 16.2 Å². The molecule has 0 fully saturated rings. The van der Waals surface area contributed by atoms with E-state index in [9.17, 15) is 0 Å². The minimum atomic E-state index is -0.0000926. The minimum absolute atomic E-state index is 0.0000926.